The molecule has 0 fully saturated rings. The van der Waals surface area contributed by atoms with E-state index in [1.165, 1.54) is 6.33 Å². The quantitative estimate of drug-likeness (QED) is 0.533. The van der Waals surface area contributed by atoms with Gasteiger partial charge in [-0.1, -0.05) is 39.0 Å². The van der Waals surface area contributed by atoms with E-state index in [4.69, 9.17) is 9.72 Å². The molecule has 0 saturated carbocycles. The van der Waals surface area contributed by atoms with Crippen molar-refractivity contribution in [2.45, 2.75) is 26.2 Å². The highest BCUT2D eigenvalue weighted by molar-refractivity contribution is 5.81. The first-order valence-corrected chi connectivity index (χ1v) is 9.19. The molecule has 2 heterocycles. The van der Waals surface area contributed by atoms with Crippen molar-refractivity contribution in [2.24, 2.45) is 7.05 Å². The molecule has 6 heteroatoms. The first-order valence-electron chi connectivity index (χ1n) is 9.19. The normalized spacial score (nSPS) is 11.6. The number of nitrogens with zero attached hydrogens (tertiary/aromatic N) is 4. The van der Waals surface area contributed by atoms with Gasteiger partial charge in [0, 0.05) is 24.2 Å². The van der Waals surface area contributed by atoms with E-state index in [-0.39, 0.29) is 5.41 Å². The second-order valence-electron chi connectivity index (χ2n) is 7.73. The fraction of sp³-hybridized carbons (Fsp3) is 0.227. The second-order valence-corrected chi connectivity index (χ2v) is 7.73. The van der Waals surface area contributed by atoms with E-state index in [1.54, 1.807) is 6.07 Å². The van der Waals surface area contributed by atoms with Gasteiger partial charge < -0.3 is 14.6 Å². The van der Waals surface area contributed by atoms with Crippen LogP contribution in [0.5, 0.6) is 11.6 Å². The number of para-hydroxylation sites is 1. The van der Waals surface area contributed by atoms with E-state index in [9.17, 15) is 0 Å². The summed E-state index contributed by atoms with van der Waals surface area (Å²) in [6.07, 6.45) is 1.48. The van der Waals surface area contributed by atoms with Gasteiger partial charge in [-0.2, -0.15) is 0 Å². The molecule has 0 aliphatic rings. The minimum atomic E-state index is -0.0162. The molecule has 0 radical (unpaired) electrons. The van der Waals surface area contributed by atoms with E-state index in [0.29, 0.717) is 11.7 Å². The van der Waals surface area contributed by atoms with Crippen molar-refractivity contribution in [3.8, 4) is 11.6 Å². The summed E-state index contributed by atoms with van der Waals surface area (Å²) in [5.74, 6) is 2.93. The smallest absolute Gasteiger partial charge is 0.224 e. The van der Waals surface area contributed by atoms with Crippen LogP contribution in [-0.2, 0) is 12.5 Å². The first-order chi connectivity index (χ1) is 13.4. The van der Waals surface area contributed by atoms with Crippen molar-refractivity contribution in [1.82, 2.24) is 19.5 Å². The predicted octanol–water partition coefficient (Wildman–Crippen LogP) is 5.20. The summed E-state index contributed by atoms with van der Waals surface area (Å²) >= 11 is 0. The Morgan fingerprint density at radius 2 is 1.75 bits per heavy atom. The van der Waals surface area contributed by atoms with Crippen LogP contribution in [0.25, 0.3) is 11.0 Å². The number of aromatic nitrogens is 4. The Morgan fingerprint density at radius 1 is 0.964 bits per heavy atom. The number of aryl methyl sites for hydroxylation is 1. The summed E-state index contributed by atoms with van der Waals surface area (Å²) in [5.41, 5.74) is 2.95. The second kappa shape index (κ2) is 6.96. The monoisotopic (exact) mass is 373 g/mol. The van der Waals surface area contributed by atoms with Gasteiger partial charge >= 0.3 is 0 Å². The first kappa shape index (κ1) is 18.0. The summed E-state index contributed by atoms with van der Waals surface area (Å²) in [5, 5.41) is 3.31. The zero-order chi connectivity index (χ0) is 19.7. The third-order valence-corrected chi connectivity index (χ3v) is 4.43. The van der Waals surface area contributed by atoms with E-state index in [1.807, 2.05) is 42.5 Å². The highest BCUT2D eigenvalue weighted by Gasteiger charge is 2.21. The van der Waals surface area contributed by atoms with Crippen molar-refractivity contribution in [3.05, 3.63) is 66.7 Å². The maximum atomic E-state index is 5.78. The van der Waals surface area contributed by atoms with E-state index >= 15 is 0 Å². The third kappa shape index (κ3) is 3.67. The van der Waals surface area contributed by atoms with Gasteiger partial charge in [-0.15, -0.1) is 0 Å². The molecule has 0 amide bonds. The molecule has 0 aliphatic carbocycles. The lowest BCUT2D eigenvalue weighted by Crippen LogP contribution is -2.17. The Kier molecular flexibility index (Phi) is 4.47. The van der Waals surface area contributed by atoms with Gasteiger partial charge in [0.25, 0.3) is 0 Å². The van der Waals surface area contributed by atoms with Gasteiger partial charge in [0.15, 0.2) is 0 Å². The molecule has 0 spiro atoms. The number of nitrogens with one attached hydrogen (secondary N) is 1. The lowest BCUT2D eigenvalue weighted by Gasteiger charge is -2.17. The molecule has 4 rings (SSSR count). The Balaban J connectivity index is 1.59. The largest absolute Gasteiger partial charge is 0.439 e. The molecule has 0 aliphatic heterocycles. The summed E-state index contributed by atoms with van der Waals surface area (Å²) in [7, 11) is 2.06. The molecule has 142 valence electrons. The van der Waals surface area contributed by atoms with Crippen molar-refractivity contribution in [2.75, 3.05) is 5.32 Å². The van der Waals surface area contributed by atoms with E-state index in [0.717, 1.165) is 28.3 Å². The van der Waals surface area contributed by atoms with Gasteiger partial charge in [-0.25, -0.2) is 15.0 Å². The van der Waals surface area contributed by atoms with Crippen LogP contribution in [0.3, 0.4) is 0 Å². The average molecular weight is 373 g/mol. The molecule has 0 bridgehead atoms. The summed E-state index contributed by atoms with van der Waals surface area (Å²) in [4.78, 5) is 13.3. The minimum absolute atomic E-state index is 0.0162. The molecular weight excluding hydrogens is 350 g/mol. The SMILES string of the molecule is Cn1c(C(C)(C)C)nc2cc(Nc3cc(Oc4ccccc4)ncn3)ccc21. The highest BCUT2D eigenvalue weighted by atomic mass is 16.5. The Labute approximate surface area is 164 Å². The molecule has 0 atom stereocenters. The Hall–Kier alpha value is -3.41. The van der Waals surface area contributed by atoms with Crippen LogP contribution in [0.2, 0.25) is 0 Å². The molecular formula is C22H23N5O. The maximum absolute atomic E-state index is 5.78. The number of rotatable bonds is 4. The average Bonchev–Trinajstić information content (AvgIpc) is 2.99. The Morgan fingerprint density at radius 3 is 2.50 bits per heavy atom. The third-order valence-electron chi connectivity index (χ3n) is 4.43. The molecule has 0 saturated heterocycles. The van der Waals surface area contributed by atoms with Crippen molar-refractivity contribution < 1.29 is 4.74 Å². The summed E-state index contributed by atoms with van der Waals surface area (Å²) < 4.78 is 7.93. The lowest BCUT2D eigenvalue weighted by atomic mass is 9.96. The minimum Gasteiger partial charge on any atom is -0.439 e. The number of hydrogen-bond acceptors (Lipinski definition) is 5. The van der Waals surface area contributed by atoms with Gasteiger partial charge in [0.05, 0.1) is 11.0 Å². The zero-order valence-electron chi connectivity index (χ0n) is 16.5. The topological polar surface area (TPSA) is 64.9 Å². The van der Waals surface area contributed by atoms with Crippen LogP contribution in [-0.4, -0.2) is 19.5 Å². The lowest BCUT2D eigenvalue weighted by molar-refractivity contribution is 0.462. The molecule has 2 aromatic carbocycles. The maximum Gasteiger partial charge on any atom is 0.224 e. The van der Waals surface area contributed by atoms with Crippen molar-refractivity contribution >= 4 is 22.5 Å². The number of imidazole rings is 1. The number of anilines is 2. The van der Waals surface area contributed by atoms with Crippen LogP contribution >= 0.6 is 0 Å². The van der Waals surface area contributed by atoms with Crippen LogP contribution in [0, 0.1) is 0 Å². The van der Waals surface area contributed by atoms with Gasteiger partial charge in [0.1, 0.15) is 23.7 Å². The molecule has 28 heavy (non-hydrogen) atoms. The molecule has 0 unspecified atom stereocenters. The van der Waals surface area contributed by atoms with Gasteiger partial charge in [-0.05, 0) is 30.3 Å². The molecule has 1 N–H and O–H groups in total. The number of benzene rings is 2. The summed E-state index contributed by atoms with van der Waals surface area (Å²) in [6, 6.07) is 17.5. The molecule has 4 aromatic rings. The zero-order valence-corrected chi connectivity index (χ0v) is 16.5. The van der Waals surface area contributed by atoms with Gasteiger partial charge in [-0.3, -0.25) is 0 Å². The highest BCUT2D eigenvalue weighted by Crippen LogP contribution is 2.28. The van der Waals surface area contributed by atoms with Crippen LogP contribution in [0.15, 0.2) is 60.9 Å². The summed E-state index contributed by atoms with van der Waals surface area (Å²) in [6.45, 7) is 6.51. The standard InChI is InChI=1S/C22H23N5O/c1-22(2,3)21-26-17-12-15(10-11-18(17)27(21)4)25-19-13-20(24-14-23-19)28-16-8-6-5-7-9-16/h5-14H,1-4H3,(H,23,24,25). The fourth-order valence-electron chi connectivity index (χ4n) is 3.17. The van der Waals surface area contributed by atoms with E-state index < -0.39 is 0 Å². The predicted molar refractivity (Wildman–Crippen MR) is 111 cm³/mol. The Bertz CT molecular complexity index is 1110. The van der Waals surface area contributed by atoms with Crippen molar-refractivity contribution in [3.63, 3.8) is 0 Å². The number of fused-ring (bicyclic) bond motifs is 1. The fourth-order valence-corrected chi connectivity index (χ4v) is 3.17. The van der Waals surface area contributed by atoms with Gasteiger partial charge in [0.2, 0.25) is 5.88 Å². The van der Waals surface area contributed by atoms with E-state index in [2.05, 4.69) is 53.7 Å². The number of hydrogen-bond donors (Lipinski definition) is 1. The van der Waals surface area contributed by atoms with Crippen LogP contribution in [0.1, 0.15) is 26.6 Å². The van der Waals surface area contributed by atoms with Crippen LogP contribution in [0.4, 0.5) is 11.5 Å². The molecule has 6 nitrogen and oxygen atoms in total. The van der Waals surface area contributed by atoms with Crippen LogP contribution < -0.4 is 10.1 Å². The number of ether oxygens (including phenoxy) is 1. The molecule has 2 aromatic heterocycles. The van der Waals surface area contributed by atoms with Crippen molar-refractivity contribution in [1.29, 1.82) is 0 Å².